The van der Waals surface area contributed by atoms with Gasteiger partial charge in [-0.15, -0.1) is 0 Å². The number of rotatable bonds is 7. The van der Waals surface area contributed by atoms with Gasteiger partial charge in [0, 0.05) is 51.0 Å². The molecule has 1 atom stereocenters. The Kier molecular flexibility index (Phi) is 6.57. The van der Waals surface area contributed by atoms with Crippen molar-refractivity contribution in [2.24, 2.45) is 11.8 Å². The molecule has 4 nitrogen and oxygen atoms in total. The Morgan fingerprint density at radius 3 is 2.43 bits per heavy atom. The van der Waals surface area contributed by atoms with Crippen LogP contribution in [-0.4, -0.2) is 47.2 Å². The van der Waals surface area contributed by atoms with E-state index in [0.29, 0.717) is 31.2 Å². The fraction of sp³-hybridized carbons (Fsp3) is 0.680. The molecule has 3 aliphatic rings. The number of hydrogen-bond donors (Lipinski definition) is 0. The second kappa shape index (κ2) is 9.17. The van der Waals surface area contributed by atoms with Crippen LogP contribution in [0.25, 0.3) is 0 Å². The van der Waals surface area contributed by atoms with Crippen molar-refractivity contribution in [3.8, 4) is 0 Å². The molecule has 1 saturated heterocycles. The van der Waals surface area contributed by atoms with Crippen molar-refractivity contribution in [1.29, 1.82) is 0 Å². The molecule has 0 spiro atoms. The van der Waals surface area contributed by atoms with Crippen molar-refractivity contribution in [1.82, 2.24) is 9.80 Å². The average Bonchev–Trinajstić information content (AvgIpc) is 3.33. The van der Waals surface area contributed by atoms with E-state index in [-0.39, 0.29) is 23.6 Å². The summed E-state index contributed by atoms with van der Waals surface area (Å²) in [7, 11) is 0. The molecule has 1 aliphatic heterocycles. The quantitative estimate of drug-likeness (QED) is 0.669. The third kappa shape index (κ3) is 5.11. The van der Waals surface area contributed by atoms with E-state index in [9.17, 15) is 14.0 Å². The fourth-order valence-electron chi connectivity index (χ4n) is 5.23. The number of halogens is 1. The summed E-state index contributed by atoms with van der Waals surface area (Å²) < 4.78 is 14.3. The monoisotopic (exact) mass is 414 g/mol. The van der Waals surface area contributed by atoms with Gasteiger partial charge in [0.15, 0.2) is 0 Å². The molecule has 0 aromatic heterocycles. The first kappa shape index (κ1) is 21.5. The summed E-state index contributed by atoms with van der Waals surface area (Å²) in [5, 5.41) is 0. The first-order valence-electron chi connectivity index (χ1n) is 11.7. The topological polar surface area (TPSA) is 40.6 Å². The molecule has 0 N–H and O–H groups in total. The zero-order chi connectivity index (χ0) is 21.3. The largest absolute Gasteiger partial charge is 0.337 e. The van der Waals surface area contributed by atoms with Crippen molar-refractivity contribution in [3.05, 3.63) is 34.6 Å². The van der Waals surface area contributed by atoms with Crippen LogP contribution in [0.2, 0.25) is 0 Å². The number of nitrogens with zero attached hydrogens (tertiary/aromatic N) is 2. The molecule has 1 aromatic rings. The van der Waals surface area contributed by atoms with Crippen molar-refractivity contribution in [2.75, 3.05) is 19.6 Å². The van der Waals surface area contributed by atoms with Crippen LogP contribution in [0.15, 0.2) is 12.1 Å². The van der Waals surface area contributed by atoms with Gasteiger partial charge >= 0.3 is 0 Å². The van der Waals surface area contributed by atoms with Crippen LogP contribution in [0.3, 0.4) is 0 Å². The number of carbonyl (C=O) groups is 2. The first-order valence-corrected chi connectivity index (χ1v) is 11.7. The van der Waals surface area contributed by atoms with Crippen molar-refractivity contribution >= 4 is 11.7 Å². The number of piperazine rings is 1. The lowest BCUT2D eigenvalue weighted by Gasteiger charge is -2.41. The van der Waals surface area contributed by atoms with Crippen molar-refractivity contribution in [2.45, 2.75) is 77.8 Å². The number of hydrogen-bond acceptors (Lipinski definition) is 3. The molecule has 1 heterocycles. The Bertz CT molecular complexity index is 799. The predicted molar refractivity (Wildman–Crippen MR) is 116 cm³/mol. The van der Waals surface area contributed by atoms with Gasteiger partial charge in [0.1, 0.15) is 11.6 Å². The summed E-state index contributed by atoms with van der Waals surface area (Å²) in [6, 6.07) is 3.33. The van der Waals surface area contributed by atoms with Crippen LogP contribution in [0.4, 0.5) is 4.39 Å². The summed E-state index contributed by atoms with van der Waals surface area (Å²) >= 11 is 0. The molecule has 0 radical (unpaired) electrons. The molecule has 2 saturated carbocycles. The van der Waals surface area contributed by atoms with Crippen LogP contribution < -0.4 is 0 Å². The number of ketones is 1. The second-order valence-corrected chi connectivity index (χ2v) is 9.81. The zero-order valence-electron chi connectivity index (χ0n) is 18.5. The molecule has 4 rings (SSSR count). The van der Waals surface area contributed by atoms with E-state index in [1.807, 2.05) is 6.92 Å². The molecule has 30 heavy (non-hydrogen) atoms. The Labute approximate surface area is 179 Å². The minimum absolute atomic E-state index is 0.181. The Morgan fingerprint density at radius 1 is 1.07 bits per heavy atom. The summed E-state index contributed by atoms with van der Waals surface area (Å²) in [6.45, 7) is 7.18. The van der Waals surface area contributed by atoms with Gasteiger partial charge in [0.25, 0.3) is 0 Å². The third-order valence-electron chi connectivity index (χ3n) is 7.28. The van der Waals surface area contributed by atoms with Gasteiger partial charge in [-0.05, 0) is 74.3 Å². The molecule has 0 bridgehead atoms. The maximum Gasteiger partial charge on any atom is 0.226 e. The Hall–Kier alpha value is -1.75. The van der Waals surface area contributed by atoms with E-state index in [1.165, 1.54) is 18.9 Å². The number of amides is 1. The molecular formula is C25H35FN2O2. The summed E-state index contributed by atoms with van der Waals surface area (Å²) in [4.78, 5) is 29.5. The van der Waals surface area contributed by atoms with Crippen LogP contribution in [-0.2, 0) is 22.6 Å². The lowest BCUT2D eigenvalue weighted by molar-refractivity contribution is -0.140. The SMILES string of the molecule is Cc1c(CC(=O)CC2CC2)cc(F)cc1CN1CCN(C(=O)C2CCCC2)[C@@H](C)C1. The van der Waals surface area contributed by atoms with Gasteiger partial charge in [-0.3, -0.25) is 14.5 Å². The lowest BCUT2D eigenvalue weighted by atomic mass is 9.96. The first-order chi connectivity index (χ1) is 14.4. The van der Waals surface area contributed by atoms with E-state index in [2.05, 4.69) is 16.7 Å². The highest BCUT2D eigenvalue weighted by molar-refractivity contribution is 5.81. The normalized spacial score (nSPS) is 23.2. The van der Waals surface area contributed by atoms with E-state index >= 15 is 0 Å². The minimum atomic E-state index is -0.257. The van der Waals surface area contributed by atoms with Gasteiger partial charge in [0.2, 0.25) is 5.91 Å². The highest BCUT2D eigenvalue weighted by Gasteiger charge is 2.33. The molecule has 164 valence electrons. The Morgan fingerprint density at radius 2 is 1.77 bits per heavy atom. The molecule has 0 unspecified atom stereocenters. The molecule has 2 aliphatic carbocycles. The summed E-state index contributed by atoms with van der Waals surface area (Å²) in [5.74, 6) is 1.09. The average molecular weight is 415 g/mol. The smallest absolute Gasteiger partial charge is 0.226 e. The van der Waals surface area contributed by atoms with E-state index in [0.717, 1.165) is 62.0 Å². The zero-order valence-corrected chi connectivity index (χ0v) is 18.5. The summed E-state index contributed by atoms with van der Waals surface area (Å²) in [5.41, 5.74) is 2.84. The van der Waals surface area contributed by atoms with Gasteiger partial charge in [-0.1, -0.05) is 12.8 Å². The van der Waals surface area contributed by atoms with E-state index in [1.54, 1.807) is 6.07 Å². The molecule has 5 heteroatoms. The van der Waals surface area contributed by atoms with Gasteiger partial charge in [0.05, 0.1) is 0 Å². The number of Topliss-reactive ketones (excluding diaryl/α,β-unsaturated/α-hetero) is 1. The molecule has 1 aromatic carbocycles. The molecule has 3 fully saturated rings. The van der Waals surface area contributed by atoms with Crippen LogP contribution in [0, 0.1) is 24.6 Å². The maximum atomic E-state index is 14.3. The number of benzene rings is 1. The molecular weight excluding hydrogens is 379 g/mol. The van der Waals surface area contributed by atoms with E-state index < -0.39 is 0 Å². The highest BCUT2D eigenvalue weighted by Crippen LogP contribution is 2.33. The summed E-state index contributed by atoms with van der Waals surface area (Å²) in [6.07, 6.45) is 7.73. The van der Waals surface area contributed by atoms with Gasteiger partial charge in [-0.25, -0.2) is 4.39 Å². The lowest BCUT2D eigenvalue weighted by Crippen LogP contribution is -2.54. The van der Waals surface area contributed by atoms with Gasteiger partial charge in [-0.2, -0.15) is 0 Å². The minimum Gasteiger partial charge on any atom is -0.337 e. The standard InChI is InChI=1S/C25H35FN2O2/c1-17-15-27(9-10-28(17)25(30)20-5-3-4-6-20)16-22-13-23(26)12-21(18(22)2)14-24(29)11-19-7-8-19/h12-13,17,19-20H,3-11,14-16H2,1-2H3/t17-/m0/s1. The highest BCUT2D eigenvalue weighted by atomic mass is 19.1. The van der Waals surface area contributed by atoms with Crippen molar-refractivity contribution < 1.29 is 14.0 Å². The van der Waals surface area contributed by atoms with Crippen LogP contribution >= 0.6 is 0 Å². The second-order valence-electron chi connectivity index (χ2n) is 9.81. The Balaban J connectivity index is 1.38. The van der Waals surface area contributed by atoms with Crippen molar-refractivity contribution in [3.63, 3.8) is 0 Å². The van der Waals surface area contributed by atoms with E-state index in [4.69, 9.17) is 0 Å². The predicted octanol–water partition coefficient (Wildman–Crippen LogP) is 4.27. The fourth-order valence-corrected chi connectivity index (χ4v) is 5.23. The third-order valence-corrected chi connectivity index (χ3v) is 7.28. The maximum absolute atomic E-state index is 14.3. The number of carbonyl (C=O) groups excluding carboxylic acids is 2. The van der Waals surface area contributed by atoms with Crippen LogP contribution in [0.1, 0.15) is 68.6 Å². The van der Waals surface area contributed by atoms with Gasteiger partial charge < -0.3 is 4.90 Å². The van der Waals surface area contributed by atoms with Crippen LogP contribution in [0.5, 0.6) is 0 Å². The molecule has 1 amide bonds.